The molecule has 2 heterocycles. The first-order valence-electron chi connectivity index (χ1n) is 14.6. The number of nitrogens with zero attached hydrogens (tertiary/aromatic N) is 2. The molecule has 2 nitrogen and oxygen atoms in total. The monoisotopic (exact) mass is 530 g/mol. The fourth-order valence-electron chi connectivity index (χ4n) is 6.58. The zero-order chi connectivity index (χ0) is 28.1. The van der Waals surface area contributed by atoms with Gasteiger partial charge in [-0.15, -0.1) is 0 Å². The Bertz CT molecular complexity index is 1840. The van der Waals surface area contributed by atoms with Crippen molar-refractivity contribution in [3.63, 3.8) is 0 Å². The Labute approximate surface area is 243 Å². The molecule has 41 heavy (non-hydrogen) atoms. The van der Waals surface area contributed by atoms with Crippen LogP contribution in [-0.2, 0) is 5.41 Å². The van der Waals surface area contributed by atoms with Gasteiger partial charge in [-0.3, -0.25) is 9.98 Å². The number of rotatable bonds is 4. The van der Waals surface area contributed by atoms with Gasteiger partial charge in [-0.1, -0.05) is 84.9 Å². The number of aromatic nitrogens is 1. The molecule has 1 aliphatic carbocycles. The minimum Gasteiger partial charge on any atom is -0.256 e. The van der Waals surface area contributed by atoms with Gasteiger partial charge in [0.25, 0.3) is 0 Å². The molecule has 4 aromatic carbocycles. The summed E-state index contributed by atoms with van der Waals surface area (Å²) in [6.45, 7) is 8.68. The molecule has 0 N–H and O–H groups in total. The molecule has 0 spiro atoms. The lowest BCUT2D eigenvalue weighted by atomic mass is 9.71. The maximum absolute atomic E-state index is 5.52. The molecule has 5 aromatic rings. The van der Waals surface area contributed by atoms with Crippen LogP contribution >= 0.6 is 0 Å². The lowest BCUT2D eigenvalue weighted by Crippen LogP contribution is -2.32. The average Bonchev–Trinajstić information content (AvgIpc) is 3.31. The summed E-state index contributed by atoms with van der Waals surface area (Å²) < 4.78 is 0. The standard InChI is InChI=1S/C39H34N2/c1-25-19-21-29(23-27(25)3)35-15-9-17-37(40-35)39(33-13-7-5-11-31(33)32-12-6-8-14-34(32)39)38-18-10-16-36(41-38)30-22-20-26(2)28(4)24-30/h5-9,11-15,17-24H,10,16H2,1-4H3. The van der Waals surface area contributed by atoms with E-state index in [2.05, 4.69) is 137 Å². The first-order valence-corrected chi connectivity index (χ1v) is 14.6. The van der Waals surface area contributed by atoms with Crippen LogP contribution in [0.2, 0.25) is 0 Å². The first kappa shape index (κ1) is 25.4. The third kappa shape index (κ3) is 4.01. The van der Waals surface area contributed by atoms with Gasteiger partial charge in [-0.25, -0.2) is 0 Å². The third-order valence-corrected chi connectivity index (χ3v) is 9.09. The Hall–Kier alpha value is -4.56. The van der Waals surface area contributed by atoms with E-state index in [-0.39, 0.29) is 0 Å². The molecule has 7 rings (SSSR count). The molecular formula is C39H34N2. The summed E-state index contributed by atoms with van der Waals surface area (Å²) >= 11 is 0. The van der Waals surface area contributed by atoms with Gasteiger partial charge in [0.2, 0.25) is 0 Å². The lowest BCUT2D eigenvalue weighted by molar-refractivity contribution is 0.695. The molecule has 0 saturated heterocycles. The van der Waals surface area contributed by atoms with Crippen molar-refractivity contribution in [3.8, 4) is 22.4 Å². The number of fused-ring (bicyclic) bond motifs is 3. The van der Waals surface area contributed by atoms with Gasteiger partial charge in [0, 0.05) is 11.3 Å². The summed E-state index contributed by atoms with van der Waals surface area (Å²) in [5.74, 6) is 0. The minimum atomic E-state index is -0.603. The van der Waals surface area contributed by atoms with Crippen molar-refractivity contribution in [2.45, 2.75) is 46.0 Å². The van der Waals surface area contributed by atoms with Gasteiger partial charge in [0.1, 0.15) is 5.41 Å². The molecule has 1 aliphatic heterocycles. The van der Waals surface area contributed by atoms with Crippen LogP contribution in [-0.4, -0.2) is 10.7 Å². The molecule has 0 unspecified atom stereocenters. The van der Waals surface area contributed by atoms with E-state index in [9.17, 15) is 0 Å². The van der Waals surface area contributed by atoms with Crippen molar-refractivity contribution in [1.82, 2.24) is 4.98 Å². The summed E-state index contributed by atoms with van der Waals surface area (Å²) in [5, 5.41) is 0. The molecule has 200 valence electrons. The van der Waals surface area contributed by atoms with Gasteiger partial charge in [-0.2, -0.15) is 0 Å². The van der Waals surface area contributed by atoms with Crippen LogP contribution in [0.1, 0.15) is 57.5 Å². The normalized spacial score (nSPS) is 15.1. The van der Waals surface area contributed by atoms with E-state index in [4.69, 9.17) is 9.98 Å². The fraction of sp³-hybridized carbons (Fsp3) is 0.179. The average molecular weight is 531 g/mol. The van der Waals surface area contributed by atoms with Crippen LogP contribution in [0, 0.1) is 27.7 Å². The van der Waals surface area contributed by atoms with Crippen LogP contribution in [0.15, 0.2) is 120 Å². The van der Waals surface area contributed by atoms with E-state index in [1.807, 2.05) is 0 Å². The van der Waals surface area contributed by atoms with E-state index in [1.54, 1.807) is 0 Å². The molecule has 0 fully saturated rings. The maximum Gasteiger partial charge on any atom is 0.105 e. The van der Waals surface area contributed by atoms with Crippen LogP contribution in [0.25, 0.3) is 22.4 Å². The summed E-state index contributed by atoms with van der Waals surface area (Å²) in [4.78, 5) is 11.0. The van der Waals surface area contributed by atoms with Crippen molar-refractivity contribution >= 4 is 5.71 Å². The van der Waals surface area contributed by atoms with Crippen molar-refractivity contribution < 1.29 is 0 Å². The zero-order valence-electron chi connectivity index (χ0n) is 24.2. The van der Waals surface area contributed by atoms with E-state index in [1.165, 1.54) is 50.1 Å². The van der Waals surface area contributed by atoms with Crippen LogP contribution in [0.5, 0.6) is 0 Å². The summed E-state index contributed by atoms with van der Waals surface area (Å²) in [7, 11) is 0. The lowest BCUT2D eigenvalue weighted by Gasteiger charge is -2.34. The second-order valence-electron chi connectivity index (χ2n) is 11.5. The number of aryl methyl sites for hydroxylation is 4. The summed E-state index contributed by atoms with van der Waals surface area (Å²) in [5.41, 5.74) is 16.2. The van der Waals surface area contributed by atoms with Crippen molar-refractivity contribution in [3.05, 3.63) is 160 Å². The predicted molar refractivity (Wildman–Crippen MR) is 171 cm³/mol. The number of benzene rings is 4. The van der Waals surface area contributed by atoms with Crippen LogP contribution in [0.4, 0.5) is 0 Å². The number of hydrogen-bond donors (Lipinski definition) is 0. The zero-order valence-corrected chi connectivity index (χ0v) is 24.2. The smallest absolute Gasteiger partial charge is 0.105 e. The molecule has 0 saturated carbocycles. The Balaban J connectivity index is 1.50. The van der Waals surface area contributed by atoms with E-state index >= 15 is 0 Å². The third-order valence-electron chi connectivity index (χ3n) is 9.09. The van der Waals surface area contributed by atoms with Gasteiger partial charge >= 0.3 is 0 Å². The van der Waals surface area contributed by atoms with Crippen molar-refractivity contribution in [2.24, 2.45) is 4.99 Å². The second-order valence-corrected chi connectivity index (χ2v) is 11.5. The summed E-state index contributed by atoms with van der Waals surface area (Å²) in [6, 6.07) is 37.5. The summed E-state index contributed by atoms with van der Waals surface area (Å²) in [6.07, 6.45) is 4.24. The number of hydrogen-bond acceptors (Lipinski definition) is 2. The topological polar surface area (TPSA) is 25.2 Å². The van der Waals surface area contributed by atoms with Crippen molar-refractivity contribution in [2.75, 3.05) is 0 Å². The highest BCUT2D eigenvalue weighted by Gasteiger charge is 2.49. The Morgan fingerprint density at radius 3 is 1.85 bits per heavy atom. The highest BCUT2D eigenvalue weighted by Crippen LogP contribution is 2.56. The number of allylic oxidation sites excluding steroid dienone is 2. The van der Waals surface area contributed by atoms with Gasteiger partial charge in [-0.05, 0) is 115 Å². The molecule has 0 bridgehead atoms. The number of aliphatic imine (C=N–C) groups is 1. The van der Waals surface area contributed by atoms with Gasteiger partial charge in [0.05, 0.1) is 17.1 Å². The predicted octanol–water partition coefficient (Wildman–Crippen LogP) is 9.46. The Morgan fingerprint density at radius 2 is 1.20 bits per heavy atom. The highest BCUT2D eigenvalue weighted by molar-refractivity contribution is 6.02. The van der Waals surface area contributed by atoms with Crippen LogP contribution < -0.4 is 0 Å². The van der Waals surface area contributed by atoms with Crippen LogP contribution in [0.3, 0.4) is 0 Å². The second kappa shape index (κ2) is 9.82. The quantitative estimate of drug-likeness (QED) is 0.227. The fourth-order valence-corrected chi connectivity index (χ4v) is 6.58. The minimum absolute atomic E-state index is 0.603. The van der Waals surface area contributed by atoms with E-state index in [0.717, 1.165) is 41.2 Å². The molecule has 1 aromatic heterocycles. The SMILES string of the molecule is Cc1ccc(C2=NC(C3(c4cccc(-c5ccc(C)c(C)c5)n4)c4ccccc4-c4ccccc43)=CCC2)cc1C. The van der Waals surface area contributed by atoms with E-state index < -0.39 is 5.41 Å². The molecule has 2 aliphatic rings. The molecule has 0 atom stereocenters. The van der Waals surface area contributed by atoms with Gasteiger partial charge in [0.15, 0.2) is 0 Å². The largest absolute Gasteiger partial charge is 0.256 e. The molecule has 2 heteroatoms. The Kier molecular flexibility index (Phi) is 6.08. The highest BCUT2D eigenvalue weighted by atomic mass is 14.9. The molecule has 0 amide bonds. The van der Waals surface area contributed by atoms with Gasteiger partial charge < -0.3 is 0 Å². The number of pyridine rings is 1. The Morgan fingerprint density at radius 1 is 0.585 bits per heavy atom. The van der Waals surface area contributed by atoms with Crippen molar-refractivity contribution in [1.29, 1.82) is 0 Å². The first-order chi connectivity index (χ1) is 20.0. The molecule has 0 radical (unpaired) electrons. The molecular weight excluding hydrogens is 496 g/mol. The maximum atomic E-state index is 5.52. The van der Waals surface area contributed by atoms with E-state index in [0.29, 0.717) is 0 Å².